The third kappa shape index (κ3) is 9.43. The maximum atomic E-state index is 12.6. The number of hydrogen-bond donors (Lipinski definition) is 1. The molecule has 1 aromatic heterocycles. The van der Waals surface area contributed by atoms with Crippen molar-refractivity contribution in [3.05, 3.63) is 30.1 Å². The number of amides is 1. The van der Waals surface area contributed by atoms with Crippen molar-refractivity contribution < 1.29 is 4.79 Å². The second kappa shape index (κ2) is 15.9. The first kappa shape index (κ1) is 26.8. The minimum Gasteiger partial charge on any atom is -0.343 e. The lowest BCUT2D eigenvalue weighted by Gasteiger charge is -2.31. The molecular weight excluding hydrogens is 418 g/mol. The van der Waals surface area contributed by atoms with Crippen LogP contribution < -0.4 is 0 Å². The molecular formula is C30H49N3O. The Morgan fingerprint density at radius 2 is 1.35 bits per heavy atom. The summed E-state index contributed by atoms with van der Waals surface area (Å²) in [5.74, 6) is 1.90. The van der Waals surface area contributed by atoms with Gasteiger partial charge >= 0.3 is 0 Å². The van der Waals surface area contributed by atoms with Crippen LogP contribution in [-0.2, 0) is 4.79 Å². The second-order valence-electron chi connectivity index (χ2n) is 10.5. The van der Waals surface area contributed by atoms with Crippen molar-refractivity contribution in [2.24, 2.45) is 0 Å². The largest absolute Gasteiger partial charge is 0.343 e. The van der Waals surface area contributed by atoms with Gasteiger partial charge in [-0.1, -0.05) is 109 Å². The van der Waals surface area contributed by atoms with E-state index in [1.54, 1.807) is 0 Å². The number of rotatable bonds is 17. The molecule has 0 unspecified atom stereocenters. The smallest absolute Gasteiger partial charge is 0.222 e. The molecule has 0 radical (unpaired) electrons. The lowest BCUT2D eigenvalue weighted by Crippen LogP contribution is -2.38. The number of hydrogen-bond acceptors (Lipinski definition) is 2. The molecule has 1 aliphatic heterocycles. The average Bonchev–Trinajstić information content (AvgIpc) is 3.31. The number of benzene rings is 1. The molecule has 0 atom stereocenters. The zero-order valence-corrected chi connectivity index (χ0v) is 21.8. The summed E-state index contributed by atoms with van der Waals surface area (Å²) in [7, 11) is 0. The molecule has 0 aliphatic carbocycles. The zero-order valence-electron chi connectivity index (χ0n) is 21.8. The van der Waals surface area contributed by atoms with Crippen molar-refractivity contribution >= 4 is 16.9 Å². The summed E-state index contributed by atoms with van der Waals surface area (Å²) in [5.41, 5.74) is 2.16. The van der Waals surface area contributed by atoms with Crippen LogP contribution in [0.15, 0.2) is 24.3 Å². The van der Waals surface area contributed by atoms with Crippen LogP contribution in [0.5, 0.6) is 0 Å². The summed E-state index contributed by atoms with van der Waals surface area (Å²) >= 11 is 0. The summed E-state index contributed by atoms with van der Waals surface area (Å²) in [5, 5.41) is 0. The Morgan fingerprint density at radius 3 is 1.91 bits per heavy atom. The Hall–Kier alpha value is -1.84. The summed E-state index contributed by atoms with van der Waals surface area (Å²) in [4.78, 5) is 23.0. The Labute approximate surface area is 208 Å². The van der Waals surface area contributed by atoms with E-state index in [4.69, 9.17) is 4.98 Å². The number of imidazole rings is 1. The molecule has 0 spiro atoms. The van der Waals surface area contributed by atoms with Gasteiger partial charge in [0, 0.05) is 25.4 Å². The SMILES string of the molecule is CCCCCCCCCCCCCCCCCC(=O)N1CCC(c2nc3ccccc3[nH]2)CC1. The molecule has 4 heteroatoms. The lowest BCUT2D eigenvalue weighted by atomic mass is 9.96. The molecule has 190 valence electrons. The van der Waals surface area contributed by atoms with Gasteiger partial charge in [0.15, 0.2) is 0 Å². The first-order valence-electron chi connectivity index (χ1n) is 14.5. The van der Waals surface area contributed by atoms with Crippen LogP contribution in [0.25, 0.3) is 11.0 Å². The summed E-state index contributed by atoms with van der Waals surface area (Å²) in [6.07, 6.45) is 23.2. The molecule has 2 aromatic rings. The highest BCUT2D eigenvalue weighted by Crippen LogP contribution is 2.28. The first-order chi connectivity index (χ1) is 16.8. The van der Waals surface area contributed by atoms with Gasteiger partial charge < -0.3 is 9.88 Å². The summed E-state index contributed by atoms with van der Waals surface area (Å²) in [6, 6.07) is 8.23. The van der Waals surface area contributed by atoms with E-state index in [0.717, 1.165) is 55.6 Å². The van der Waals surface area contributed by atoms with E-state index in [-0.39, 0.29) is 0 Å². The fourth-order valence-corrected chi connectivity index (χ4v) is 5.37. The zero-order chi connectivity index (χ0) is 23.8. The van der Waals surface area contributed by atoms with Gasteiger partial charge in [-0.2, -0.15) is 0 Å². The van der Waals surface area contributed by atoms with E-state index in [0.29, 0.717) is 11.8 Å². The van der Waals surface area contributed by atoms with Crippen LogP contribution in [0.4, 0.5) is 0 Å². The van der Waals surface area contributed by atoms with Gasteiger partial charge in [0.25, 0.3) is 0 Å². The molecule has 1 saturated heterocycles. The average molecular weight is 468 g/mol. The molecule has 1 aliphatic rings. The number of unbranched alkanes of at least 4 members (excludes halogenated alkanes) is 14. The van der Waals surface area contributed by atoms with Crippen molar-refractivity contribution in [3.63, 3.8) is 0 Å². The number of para-hydroxylation sites is 2. The maximum absolute atomic E-state index is 12.6. The molecule has 3 rings (SSSR count). The van der Waals surface area contributed by atoms with Crippen molar-refractivity contribution in [2.75, 3.05) is 13.1 Å². The fourth-order valence-electron chi connectivity index (χ4n) is 5.37. The van der Waals surface area contributed by atoms with Gasteiger partial charge in [0.05, 0.1) is 11.0 Å². The standard InChI is InChI=1S/C30H49N3O/c1-2-3-4-5-6-7-8-9-10-11-12-13-14-15-16-21-29(34)33-24-22-26(23-25-33)30-31-27-19-17-18-20-28(27)32-30/h17-20,26H,2-16,21-25H2,1H3,(H,31,32). The molecule has 4 nitrogen and oxygen atoms in total. The minimum absolute atomic E-state index is 0.359. The third-order valence-electron chi connectivity index (χ3n) is 7.64. The Morgan fingerprint density at radius 1 is 0.824 bits per heavy atom. The minimum atomic E-state index is 0.359. The van der Waals surface area contributed by atoms with Gasteiger partial charge in [0.1, 0.15) is 5.82 Å². The van der Waals surface area contributed by atoms with Crippen LogP contribution in [0, 0.1) is 0 Å². The Kier molecular flexibility index (Phi) is 12.6. The van der Waals surface area contributed by atoms with Gasteiger partial charge in [-0.15, -0.1) is 0 Å². The van der Waals surface area contributed by atoms with E-state index in [1.807, 2.05) is 12.1 Å². The number of aromatic nitrogens is 2. The molecule has 0 saturated carbocycles. The predicted molar refractivity (Wildman–Crippen MR) is 144 cm³/mol. The van der Waals surface area contributed by atoms with E-state index in [9.17, 15) is 4.79 Å². The molecule has 1 aromatic carbocycles. The molecule has 2 heterocycles. The number of piperidine rings is 1. The van der Waals surface area contributed by atoms with E-state index >= 15 is 0 Å². The summed E-state index contributed by atoms with van der Waals surface area (Å²) < 4.78 is 0. The Bertz CT molecular complexity index is 773. The van der Waals surface area contributed by atoms with Gasteiger partial charge in [0.2, 0.25) is 5.91 Å². The quantitative estimate of drug-likeness (QED) is 0.237. The van der Waals surface area contributed by atoms with E-state index in [2.05, 4.69) is 28.9 Å². The predicted octanol–water partition coefficient (Wildman–Crippen LogP) is 8.53. The van der Waals surface area contributed by atoms with Crippen LogP contribution in [-0.4, -0.2) is 33.9 Å². The molecule has 34 heavy (non-hydrogen) atoms. The monoisotopic (exact) mass is 467 g/mol. The molecule has 0 bridgehead atoms. The normalized spacial score (nSPS) is 14.8. The number of carbonyl (C=O) groups is 1. The van der Waals surface area contributed by atoms with E-state index < -0.39 is 0 Å². The van der Waals surface area contributed by atoms with Crippen LogP contribution >= 0.6 is 0 Å². The number of nitrogens with zero attached hydrogens (tertiary/aromatic N) is 2. The van der Waals surface area contributed by atoms with Crippen LogP contribution in [0.1, 0.15) is 134 Å². The Balaban J connectivity index is 1.14. The fraction of sp³-hybridized carbons (Fsp3) is 0.733. The van der Waals surface area contributed by atoms with Crippen molar-refractivity contribution in [1.29, 1.82) is 0 Å². The van der Waals surface area contributed by atoms with Crippen LogP contribution in [0.2, 0.25) is 0 Å². The molecule has 1 N–H and O–H groups in total. The second-order valence-corrected chi connectivity index (χ2v) is 10.5. The first-order valence-corrected chi connectivity index (χ1v) is 14.5. The van der Waals surface area contributed by atoms with Gasteiger partial charge in [-0.3, -0.25) is 4.79 Å². The van der Waals surface area contributed by atoms with Gasteiger partial charge in [-0.05, 0) is 31.4 Å². The lowest BCUT2D eigenvalue weighted by molar-refractivity contribution is -0.132. The number of carbonyl (C=O) groups excluding carboxylic acids is 1. The van der Waals surface area contributed by atoms with Gasteiger partial charge in [-0.25, -0.2) is 4.98 Å². The topological polar surface area (TPSA) is 49.0 Å². The number of fused-ring (bicyclic) bond motifs is 1. The maximum Gasteiger partial charge on any atom is 0.222 e. The molecule has 1 fully saturated rings. The number of H-pyrrole nitrogens is 1. The van der Waals surface area contributed by atoms with E-state index in [1.165, 1.54) is 89.9 Å². The highest BCUT2D eigenvalue weighted by Gasteiger charge is 2.25. The van der Waals surface area contributed by atoms with Crippen molar-refractivity contribution in [1.82, 2.24) is 14.9 Å². The highest BCUT2D eigenvalue weighted by atomic mass is 16.2. The number of nitrogens with one attached hydrogen (secondary N) is 1. The molecule has 1 amide bonds. The van der Waals surface area contributed by atoms with Crippen molar-refractivity contribution in [2.45, 2.75) is 128 Å². The van der Waals surface area contributed by atoms with Crippen LogP contribution in [0.3, 0.4) is 0 Å². The summed E-state index contributed by atoms with van der Waals surface area (Å²) in [6.45, 7) is 4.03. The van der Waals surface area contributed by atoms with Crippen molar-refractivity contribution in [3.8, 4) is 0 Å². The third-order valence-corrected chi connectivity index (χ3v) is 7.64. The number of aromatic amines is 1. The number of likely N-dealkylation sites (tertiary alicyclic amines) is 1. The highest BCUT2D eigenvalue weighted by molar-refractivity contribution is 5.76.